The Morgan fingerprint density at radius 1 is 1.29 bits per heavy atom. The number of phenols is 1. The summed E-state index contributed by atoms with van der Waals surface area (Å²) in [4.78, 5) is 6.18. The lowest BCUT2D eigenvalue weighted by Crippen LogP contribution is -2.11. The van der Waals surface area contributed by atoms with Crippen LogP contribution in [0.5, 0.6) is 5.75 Å². The fraction of sp³-hybridized carbons (Fsp3) is 0.154. The third-order valence-corrected chi connectivity index (χ3v) is 2.61. The predicted octanol–water partition coefficient (Wildman–Crippen LogP) is 2.01. The van der Waals surface area contributed by atoms with Crippen LogP contribution in [0.25, 0.3) is 0 Å². The van der Waals surface area contributed by atoms with E-state index in [1.165, 1.54) is 0 Å². The molecule has 3 N–H and O–H groups in total. The fourth-order valence-electron chi connectivity index (χ4n) is 1.60. The maximum atomic E-state index is 9.44. The van der Waals surface area contributed by atoms with Gasteiger partial charge in [-0.05, 0) is 29.8 Å². The molecule has 88 valence electrons. The van der Waals surface area contributed by atoms with Gasteiger partial charge in [-0.15, -0.1) is 0 Å². The Labute approximate surface area is 100 Å². The number of hydrogen-bond acceptors (Lipinski definition) is 4. The first-order valence-corrected chi connectivity index (χ1v) is 5.38. The Morgan fingerprint density at radius 3 is 2.82 bits per heavy atom. The van der Waals surface area contributed by atoms with Gasteiger partial charge in [-0.1, -0.05) is 6.07 Å². The van der Waals surface area contributed by atoms with Crippen LogP contribution in [-0.4, -0.2) is 17.1 Å². The minimum atomic E-state index is 0.240. The first-order chi connectivity index (χ1) is 8.20. The van der Waals surface area contributed by atoms with Gasteiger partial charge in [0.15, 0.2) is 0 Å². The molecular formula is C13H15N3O. The monoisotopic (exact) mass is 229 g/mol. The molecule has 17 heavy (non-hydrogen) atoms. The molecule has 0 atom stereocenters. The second kappa shape index (κ2) is 4.84. The van der Waals surface area contributed by atoms with Gasteiger partial charge in [0.2, 0.25) is 0 Å². The summed E-state index contributed by atoms with van der Waals surface area (Å²) in [5.41, 5.74) is 7.51. The van der Waals surface area contributed by atoms with Crippen molar-refractivity contribution in [1.29, 1.82) is 0 Å². The second-order valence-electron chi connectivity index (χ2n) is 3.81. The quantitative estimate of drug-likeness (QED) is 0.845. The van der Waals surface area contributed by atoms with Gasteiger partial charge in [-0.25, -0.2) is 4.98 Å². The van der Waals surface area contributed by atoms with Gasteiger partial charge in [0.25, 0.3) is 0 Å². The highest BCUT2D eigenvalue weighted by Gasteiger charge is 2.06. The van der Waals surface area contributed by atoms with Gasteiger partial charge in [0.05, 0.1) is 0 Å². The van der Waals surface area contributed by atoms with Gasteiger partial charge >= 0.3 is 0 Å². The lowest BCUT2D eigenvalue weighted by Gasteiger charge is -2.18. The molecule has 1 heterocycles. The molecule has 1 aromatic heterocycles. The summed E-state index contributed by atoms with van der Waals surface area (Å²) < 4.78 is 0. The van der Waals surface area contributed by atoms with Crippen molar-refractivity contribution in [3.63, 3.8) is 0 Å². The highest BCUT2D eigenvalue weighted by atomic mass is 16.3. The molecule has 0 spiro atoms. The van der Waals surface area contributed by atoms with Crippen molar-refractivity contribution in [3.8, 4) is 5.75 Å². The summed E-state index contributed by atoms with van der Waals surface area (Å²) in [7, 11) is 1.90. The summed E-state index contributed by atoms with van der Waals surface area (Å²) in [5, 5.41) is 9.44. The number of anilines is 2. The minimum Gasteiger partial charge on any atom is -0.508 e. The van der Waals surface area contributed by atoms with Crippen molar-refractivity contribution in [1.82, 2.24) is 4.98 Å². The highest BCUT2D eigenvalue weighted by molar-refractivity contribution is 5.61. The second-order valence-corrected chi connectivity index (χ2v) is 3.81. The molecule has 0 bridgehead atoms. The van der Waals surface area contributed by atoms with E-state index in [-0.39, 0.29) is 5.75 Å². The van der Waals surface area contributed by atoms with Crippen LogP contribution in [0.2, 0.25) is 0 Å². The minimum absolute atomic E-state index is 0.240. The zero-order valence-corrected chi connectivity index (χ0v) is 9.67. The Balaban J connectivity index is 2.33. The van der Waals surface area contributed by atoms with Crippen LogP contribution in [0.15, 0.2) is 42.6 Å². The molecule has 0 saturated heterocycles. The van der Waals surface area contributed by atoms with Crippen molar-refractivity contribution >= 4 is 11.5 Å². The Kier molecular flexibility index (Phi) is 3.25. The third kappa shape index (κ3) is 2.54. The molecule has 2 rings (SSSR count). The zero-order chi connectivity index (χ0) is 12.3. The van der Waals surface area contributed by atoms with Gasteiger partial charge < -0.3 is 15.7 Å². The van der Waals surface area contributed by atoms with Crippen LogP contribution in [0.4, 0.5) is 11.5 Å². The molecule has 0 amide bonds. The van der Waals surface area contributed by atoms with Crippen LogP contribution in [0, 0.1) is 0 Å². The first-order valence-electron chi connectivity index (χ1n) is 5.38. The first kappa shape index (κ1) is 11.4. The molecule has 2 aromatic rings. The SMILES string of the molecule is CN(c1cccc(O)c1)c1cc(CN)ccn1. The average molecular weight is 229 g/mol. The molecule has 0 unspecified atom stereocenters. The number of nitrogens with two attached hydrogens (primary N) is 1. The van der Waals surface area contributed by atoms with E-state index in [1.54, 1.807) is 24.4 Å². The van der Waals surface area contributed by atoms with E-state index < -0.39 is 0 Å². The molecule has 4 heteroatoms. The Hall–Kier alpha value is -2.07. The van der Waals surface area contributed by atoms with Crippen molar-refractivity contribution in [2.75, 3.05) is 11.9 Å². The number of aromatic nitrogens is 1. The van der Waals surface area contributed by atoms with E-state index in [2.05, 4.69) is 4.98 Å². The molecule has 1 aromatic carbocycles. The number of pyridine rings is 1. The van der Waals surface area contributed by atoms with E-state index in [4.69, 9.17) is 5.73 Å². The Bertz CT molecular complexity index is 514. The van der Waals surface area contributed by atoms with E-state index in [9.17, 15) is 5.11 Å². The number of benzene rings is 1. The standard InChI is InChI=1S/C13H15N3O/c1-16(11-3-2-4-12(17)8-11)13-7-10(9-14)5-6-15-13/h2-8,17H,9,14H2,1H3. The zero-order valence-electron chi connectivity index (χ0n) is 9.67. The summed E-state index contributed by atoms with van der Waals surface area (Å²) in [6, 6.07) is 10.9. The van der Waals surface area contributed by atoms with Crippen molar-refractivity contribution in [3.05, 3.63) is 48.2 Å². The van der Waals surface area contributed by atoms with Crippen LogP contribution < -0.4 is 10.6 Å². The van der Waals surface area contributed by atoms with Crippen LogP contribution in [0.3, 0.4) is 0 Å². The Morgan fingerprint density at radius 2 is 2.12 bits per heavy atom. The predicted molar refractivity (Wildman–Crippen MR) is 68.3 cm³/mol. The molecule has 0 aliphatic carbocycles. The number of phenolic OH excluding ortho intramolecular Hbond substituents is 1. The van der Waals surface area contributed by atoms with Crippen LogP contribution >= 0.6 is 0 Å². The summed E-state index contributed by atoms with van der Waals surface area (Å²) in [6.07, 6.45) is 1.73. The third-order valence-electron chi connectivity index (χ3n) is 2.61. The number of hydrogen-bond donors (Lipinski definition) is 2. The maximum absolute atomic E-state index is 9.44. The molecule has 0 fully saturated rings. The van der Waals surface area contributed by atoms with E-state index >= 15 is 0 Å². The van der Waals surface area contributed by atoms with Crippen LogP contribution in [0.1, 0.15) is 5.56 Å². The van der Waals surface area contributed by atoms with Gasteiger partial charge in [0, 0.05) is 31.5 Å². The van der Waals surface area contributed by atoms with Crippen molar-refractivity contribution in [2.45, 2.75) is 6.54 Å². The summed E-state index contributed by atoms with van der Waals surface area (Å²) in [6.45, 7) is 0.489. The van der Waals surface area contributed by atoms with Gasteiger partial charge in [-0.3, -0.25) is 0 Å². The fourth-order valence-corrected chi connectivity index (χ4v) is 1.60. The van der Waals surface area contributed by atoms with Crippen LogP contribution in [-0.2, 0) is 6.54 Å². The maximum Gasteiger partial charge on any atom is 0.132 e. The van der Waals surface area contributed by atoms with E-state index in [1.807, 2.05) is 30.1 Å². The van der Waals surface area contributed by atoms with E-state index in [0.29, 0.717) is 6.54 Å². The van der Waals surface area contributed by atoms with Crippen molar-refractivity contribution < 1.29 is 5.11 Å². The summed E-state index contributed by atoms with van der Waals surface area (Å²) in [5.74, 6) is 1.04. The lowest BCUT2D eigenvalue weighted by atomic mass is 10.2. The topological polar surface area (TPSA) is 62.4 Å². The molecule has 0 radical (unpaired) electrons. The average Bonchev–Trinajstić information content (AvgIpc) is 2.38. The molecule has 0 aliphatic rings. The number of nitrogens with zero attached hydrogens (tertiary/aromatic N) is 2. The molecule has 0 saturated carbocycles. The van der Waals surface area contributed by atoms with Gasteiger partial charge in [0.1, 0.15) is 11.6 Å². The summed E-state index contributed by atoms with van der Waals surface area (Å²) >= 11 is 0. The van der Waals surface area contributed by atoms with Gasteiger partial charge in [-0.2, -0.15) is 0 Å². The largest absolute Gasteiger partial charge is 0.508 e. The molecular weight excluding hydrogens is 214 g/mol. The molecule has 0 aliphatic heterocycles. The normalized spacial score (nSPS) is 10.2. The highest BCUT2D eigenvalue weighted by Crippen LogP contribution is 2.25. The lowest BCUT2D eigenvalue weighted by molar-refractivity contribution is 0.475. The molecule has 4 nitrogen and oxygen atoms in total. The smallest absolute Gasteiger partial charge is 0.132 e. The number of aromatic hydroxyl groups is 1. The van der Waals surface area contributed by atoms with Crippen molar-refractivity contribution in [2.24, 2.45) is 5.73 Å². The number of rotatable bonds is 3. The van der Waals surface area contributed by atoms with E-state index in [0.717, 1.165) is 17.1 Å².